The van der Waals surface area contributed by atoms with Gasteiger partial charge in [-0.2, -0.15) is 4.31 Å². The summed E-state index contributed by atoms with van der Waals surface area (Å²) in [6.45, 7) is 5.84. The molecular formula is C24H30N4O3S2. The third-order valence-electron chi connectivity index (χ3n) is 6.89. The zero-order valence-corrected chi connectivity index (χ0v) is 20.7. The molecule has 9 heteroatoms. The van der Waals surface area contributed by atoms with Crippen molar-refractivity contribution in [2.24, 2.45) is 0 Å². The molecule has 176 valence electrons. The Bertz CT molecular complexity index is 1150. The smallest absolute Gasteiger partial charge is 0.243 e. The molecule has 3 aliphatic heterocycles. The van der Waals surface area contributed by atoms with Crippen molar-refractivity contribution in [3.63, 3.8) is 0 Å². The summed E-state index contributed by atoms with van der Waals surface area (Å²) < 4.78 is 32.5. The van der Waals surface area contributed by atoms with E-state index < -0.39 is 10.0 Å². The molecule has 7 nitrogen and oxygen atoms in total. The molecule has 0 radical (unpaired) electrons. The lowest BCUT2D eigenvalue weighted by Crippen LogP contribution is -2.48. The van der Waals surface area contributed by atoms with E-state index in [1.165, 1.54) is 21.1 Å². The van der Waals surface area contributed by atoms with Crippen LogP contribution in [0.5, 0.6) is 0 Å². The van der Waals surface area contributed by atoms with Crippen molar-refractivity contribution in [2.75, 3.05) is 56.7 Å². The fraction of sp³-hybridized carbons (Fsp3) is 0.458. The molecule has 0 aromatic heterocycles. The van der Waals surface area contributed by atoms with Gasteiger partial charge in [0.05, 0.1) is 18.1 Å². The number of morpholine rings is 1. The lowest BCUT2D eigenvalue weighted by molar-refractivity contribution is 0.0730. The summed E-state index contributed by atoms with van der Waals surface area (Å²) in [6, 6.07) is 13.8. The van der Waals surface area contributed by atoms with E-state index in [-0.39, 0.29) is 0 Å². The molecule has 0 unspecified atom stereocenters. The summed E-state index contributed by atoms with van der Waals surface area (Å²) in [5.41, 5.74) is 4.59. The molecule has 2 aromatic carbocycles. The Morgan fingerprint density at radius 2 is 1.82 bits per heavy atom. The number of piperidine rings is 1. The lowest BCUT2D eigenvalue weighted by Gasteiger charge is -2.37. The largest absolute Gasteiger partial charge is 0.379 e. The summed E-state index contributed by atoms with van der Waals surface area (Å²) in [6.07, 6.45) is 1.05. The second-order valence-electron chi connectivity index (χ2n) is 9.13. The summed E-state index contributed by atoms with van der Waals surface area (Å²) in [5, 5.41) is 4.01. The maximum absolute atomic E-state index is 12.9. The number of rotatable bonds is 3. The van der Waals surface area contributed by atoms with Crippen LogP contribution in [0.1, 0.15) is 23.5 Å². The van der Waals surface area contributed by atoms with Crippen LogP contribution >= 0.6 is 12.2 Å². The molecule has 3 aliphatic rings. The molecule has 0 spiro atoms. The molecule has 3 heterocycles. The highest BCUT2D eigenvalue weighted by atomic mass is 32.2. The maximum Gasteiger partial charge on any atom is 0.243 e. The number of fused-ring (bicyclic) bond motifs is 3. The Balaban J connectivity index is 1.35. The Morgan fingerprint density at radius 1 is 1.09 bits per heavy atom. The van der Waals surface area contributed by atoms with E-state index in [0.29, 0.717) is 48.3 Å². The monoisotopic (exact) mass is 486 g/mol. The minimum Gasteiger partial charge on any atom is -0.379 e. The molecule has 1 N–H and O–H groups in total. The van der Waals surface area contributed by atoms with Crippen molar-refractivity contribution >= 4 is 38.7 Å². The number of ether oxygens (including phenoxy) is 1. The fourth-order valence-electron chi connectivity index (χ4n) is 5.18. The third-order valence-corrected chi connectivity index (χ3v) is 9.10. The highest BCUT2D eigenvalue weighted by Crippen LogP contribution is 2.45. The van der Waals surface area contributed by atoms with Crippen LogP contribution in [0.15, 0.2) is 47.4 Å². The van der Waals surface area contributed by atoms with Crippen molar-refractivity contribution < 1.29 is 13.2 Å². The number of nitrogens with zero attached hydrogens (tertiary/aromatic N) is 3. The molecule has 33 heavy (non-hydrogen) atoms. The molecule has 0 saturated carbocycles. The van der Waals surface area contributed by atoms with E-state index in [4.69, 9.17) is 17.0 Å². The van der Waals surface area contributed by atoms with Crippen LogP contribution in [0.4, 0.5) is 11.4 Å². The number of benzene rings is 2. The molecule has 0 aliphatic carbocycles. The SMILES string of the molecule is Cc1ccc2c(c1)[C@H]1CN(C)CC[C@@H]1N2C(=S)Nc1ccc(S(=O)(=O)N2CCOCC2)cc1. The Labute approximate surface area is 201 Å². The van der Waals surface area contributed by atoms with Crippen LogP contribution in [0.2, 0.25) is 0 Å². The van der Waals surface area contributed by atoms with Crippen LogP contribution in [-0.4, -0.2) is 75.2 Å². The lowest BCUT2D eigenvalue weighted by atomic mass is 9.89. The van der Waals surface area contributed by atoms with Crippen LogP contribution in [-0.2, 0) is 14.8 Å². The second kappa shape index (κ2) is 8.96. The van der Waals surface area contributed by atoms with Crippen LogP contribution in [0, 0.1) is 6.92 Å². The Hall–Kier alpha value is -2.04. The van der Waals surface area contributed by atoms with Crippen molar-refractivity contribution in [2.45, 2.75) is 30.2 Å². The van der Waals surface area contributed by atoms with Crippen molar-refractivity contribution in [3.8, 4) is 0 Å². The quantitative estimate of drug-likeness (QED) is 0.669. The number of hydrogen-bond donors (Lipinski definition) is 1. The Kier molecular flexibility index (Phi) is 6.17. The zero-order valence-electron chi connectivity index (χ0n) is 19.0. The minimum absolute atomic E-state index is 0.290. The minimum atomic E-state index is -3.51. The number of likely N-dealkylation sites (N-methyl/N-ethyl adjacent to an activating group) is 1. The number of likely N-dealkylation sites (tertiary alicyclic amines) is 1. The van der Waals surface area contributed by atoms with E-state index >= 15 is 0 Å². The molecule has 2 fully saturated rings. The first kappa shape index (κ1) is 22.7. The van der Waals surface area contributed by atoms with Gasteiger partial charge in [0.25, 0.3) is 0 Å². The van der Waals surface area contributed by atoms with Gasteiger partial charge < -0.3 is 19.9 Å². The molecule has 0 amide bonds. The number of hydrogen-bond acceptors (Lipinski definition) is 5. The van der Waals surface area contributed by atoms with Gasteiger partial charge in [0.1, 0.15) is 0 Å². The van der Waals surface area contributed by atoms with Gasteiger partial charge in [-0.25, -0.2) is 8.42 Å². The standard InChI is InChI=1S/C24H30N4O3S2/c1-17-3-8-22-20(15-17)21-16-26(2)10-9-23(21)28(22)24(32)25-18-4-6-19(7-5-18)33(29,30)27-11-13-31-14-12-27/h3-8,15,21,23H,9-14,16H2,1-2H3,(H,25,32)/t21-,23+/m1/s1. The zero-order chi connectivity index (χ0) is 23.2. The molecular weight excluding hydrogens is 456 g/mol. The number of anilines is 2. The number of sulfonamides is 1. The molecule has 2 saturated heterocycles. The van der Waals surface area contributed by atoms with Crippen LogP contribution in [0.3, 0.4) is 0 Å². The van der Waals surface area contributed by atoms with Gasteiger partial charge in [0, 0.05) is 43.0 Å². The first-order valence-electron chi connectivity index (χ1n) is 11.4. The number of thiocarbonyl (C=S) groups is 1. The van der Waals surface area contributed by atoms with Crippen molar-refractivity contribution in [1.82, 2.24) is 9.21 Å². The van der Waals surface area contributed by atoms with Crippen LogP contribution < -0.4 is 10.2 Å². The summed E-state index contributed by atoms with van der Waals surface area (Å²) in [4.78, 5) is 4.94. The van der Waals surface area contributed by atoms with Gasteiger partial charge in [-0.05, 0) is 75.1 Å². The third kappa shape index (κ3) is 4.28. The predicted octanol–water partition coefficient (Wildman–Crippen LogP) is 3.02. The van der Waals surface area contributed by atoms with Gasteiger partial charge in [-0.3, -0.25) is 0 Å². The number of nitrogens with one attached hydrogen (secondary N) is 1. The number of aryl methyl sites for hydroxylation is 1. The molecule has 2 aromatic rings. The van der Waals surface area contributed by atoms with E-state index in [2.05, 4.69) is 47.3 Å². The van der Waals surface area contributed by atoms with Crippen molar-refractivity contribution in [1.29, 1.82) is 0 Å². The molecule has 2 atom stereocenters. The summed E-state index contributed by atoms with van der Waals surface area (Å²) >= 11 is 5.87. The summed E-state index contributed by atoms with van der Waals surface area (Å²) in [7, 11) is -1.33. The molecule has 0 bridgehead atoms. The average molecular weight is 487 g/mol. The van der Waals surface area contributed by atoms with E-state index in [1.807, 2.05) is 0 Å². The van der Waals surface area contributed by atoms with Gasteiger partial charge in [-0.15, -0.1) is 0 Å². The van der Waals surface area contributed by atoms with Gasteiger partial charge in [-0.1, -0.05) is 17.7 Å². The van der Waals surface area contributed by atoms with Crippen LogP contribution in [0.25, 0.3) is 0 Å². The fourth-order valence-corrected chi connectivity index (χ4v) is 6.94. The van der Waals surface area contributed by atoms with E-state index in [0.717, 1.165) is 25.2 Å². The normalized spacial score (nSPS) is 23.8. The van der Waals surface area contributed by atoms with Gasteiger partial charge in [0.2, 0.25) is 10.0 Å². The Morgan fingerprint density at radius 3 is 2.55 bits per heavy atom. The van der Waals surface area contributed by atoms with Crippen molar-refractivity contribution in [3.05, 3.63) is 53.6 Å². The van der Waals surface area contributed by atoms with E-state index in [1.54, 1.807) is 24.3 Å². The van der Waals surface area contributed by atoms with Gasteiger partial charge in [0.15, 0.2) is 5.11 Å². The first-order valence-corrected chi connectivity index (χ1v) is 13.3. The second-order valence-corrected chi connectivity index (χ2v) is 11.5. The molecule has 5 rings (SSSR count). The predicted molar refractivity (Wildman–Crippen MR) is 135 cm³/mol. The summed E-state index contributed by atoms with van der Waals surface area (Å²) in [5.74, 6) is 0.430. The topological polar surface area (TPSA) is 65.1 Å². The highest BCUT2D eigenvalue weighted by molar-refractivity contribution is 7.89. The van der Waals surface area contributed by atoms with E-state index in [9.17, 15) is 8.42 Å². The van der Waals surface area contributed by atoms with Gasteiger partial charge >= 0.3 is 0 Å². The average Bonchev–Trinajstić information content (AvgIpc) is 3.13. The maximum atomic E-state index is 12.9. The first-order chi connectivity index (χ1) is 15.8. The highest BCUT2D eigenvalue weighted by Gasteiger charge is 2.42.